The topological polar surface area (TPSA) is 0 Å². The van der Waals surface area contributed by atoms with Crippen molar-refractivity contribution in [1.82, 2.24) is 0 Å². The van der Waals surface area contributed by atoms with Crippen LogP contribution in [-0.4, -0.2) is 0 Å². The van der Waals surface area contributed by atoms with E-state index in [1.807, 2.05) is 0 Å². The Kier molecular flexibility index (Phi) is 1.39. The highest BCUT2D eigenvalue weighted by atomic mass is 14.6. The number of allylic oxidation sites excluding steroid dienone is 2. The summed E-state index contributed by atoms with van der Waals surface area (Å²) in [5.74, 6) is 4.79. The Labute approximate surface area is 86.8 Å². The van der Waals surface area contributed by atoms with Gasteiger partial charge in [0.15, 0.2) is 0 Å². The van der Waals surface area contributed by atoms with Gasteiger partial charge >= 0.3 is 0 Å². The van der Waals surface area contributed by atoms with E-state index in [1.54, 1.807) is 5.57 Å². The first kappa shape index (κ1) is 8.60. The highest BCUT2D eigenvalue weighted by Crippen LogP contribution is 2.67. The first-order valence-electron chi connectivity index (χ1n) is 5.78. The average molecular weight is 186 g/mol. The molecule has 4 aliphatic rings. The molecule has 0 spiro atoms. The monoisotopic (exact) mass is 186 g/mol. The van der Waals surface area contributed by atoms with E-state index in [9.17, 15) is 0 Å². The Hall–Kier alpha value is -0.700. The van der Waals surface area contributed by atoms with Gasteiger partial charge in [-0.25, -0.2) is 0 Å². The fraction of sp³-hybridized carbons (Fsp3) is 0.714. The predicted octanol–water partition coefficient (Wildman–Crippen LogP) is 3.39. The SMILES string of the molecule is C#CC1(C2=CCC3CC2C3(C)C)CC1. The minimum absolute atomic E-state index is 0.216. The molecule has 2 saturated carbocycles. The van der Waals surface area contributed by atoms with E-state index >= 15 is 0 Å². The molecule has 0 nitrogen and oxygen atoms in total. The van der Waals surface area contributed by atoms with E-state index in [0.717, 1.165) is 11.8 Å². The summed E-state index contributed by atoms with van der Waals surface area (Å²) in [6.07, 6.45) is 13.3. The molecule has 0 heterocycles. The van der Waals surface area contributed by atoms with Crippen LogP contribution < -0.4 is 0 Å². The van der Waals surface area contributed by atoms with Crippen LogP contribution in [0.2, 0.25) is 0 Å². The van der Waals surface area contributed by atoms with Gasteiger partial charge in [-0.1, -0.05) is 31.4 Å². The Morgan fingerprint density at radius 1 is 1.43 bits per heavy atom. The molecular weight excluding hydrogens is 168 g/mol. The number of terminal acetylenes is 1. The summed E-state index contributed by atoms with van der Waals surface area (Å²) in [5.41, 5.74) is 2.39. The Morgan fingerprint density at radius 3 is 2.57 bits per heavy atom. The van der Waals surface area contributed by atoms with Crippen molar-refractivity contribution in [1.29, 1.82) is 0 Å². The molecule has 0 amide bonds. The third kappa shape index (κ3) is 0.817. The van der Waals surface area contributed by atoms with Crippen LogP contribution in [0.25, 0.3) is 0 Å². The van der Waals surface area contributed by atoms with Crippen molar-refractivity contribution in [3.8, 4) is 12.3 Å². The second-order valence-corrected chi connectivity index (χ2v) is 5.93. The van der Waals surface area contributed by atoms with Crippen LogP contribution in [0.3, 0.4) is 0 Å². The van der Waals surface area contributed by atoms with Crippen LogP contribution >= 0.6 is 0 Å². The van der Waals surface area contributed by atoms with Gasteiger partial charge in [0.05, 0.1) is 5.41 Å². The quantitative estimate of drug-likeness (QED) is 0.435. The van der Waals surface area contributed by atoms with Crippen LogP contribution in [0.5, 0.6) is 0 Å². The highest BCUT2D eigenvalue weighted by molar-refractivity contribution is 5.40. The maximum absolute atomic E-state index is 5.68. The molecule has 0 aromatic heterocycles. The van der Waals surface area contributed by atoms with Gasteiger partial charge in [0, 0.05) is 0 Å². The van der Waals surface area contributed by atoms with Gasteiger partial charge in [0.1, 0.15) is 0 Å². The fourth-order valence-corrected chi connectivity index (χ4v) is 3.53. The standard InChI is InChI=1S/C14H18/c1-4-14(7-8-14)11-6-5-10-9-12(11)13(10,2)3/h1,6,10,12H,5,7-9H2,2-3H3. The zero-order valence-electron chi connectivity index (χ0n) is 9.14. The van der Waals surface area contributed by atoms with Crippen LogP contribution in [0.1, 0.15) is 39.5 Å². The predicted molar refractivity (Wildman–Crippen MR) is 58.6 cm³/mol. The van der Waals surface area contributed by atoms with Crippen molar-refractivity contribution in [3.05, 3.63) is 11.6 Å². The van der Waals surface area contributed by atoms with Crippen molar-refractivity contribution >= 4 is 0 Å². The van der Waals surface area contributed by atoms with Crippen LogP contribution in [-0.2, 0) is 0 Å². The number of hydrogen-bond acceptors (Lipinski definition) is 0. The smallest absolute Gasteiger partial charge is 0.0524 e. The van der Waals surface area contributed by atoms with Gasteiger partial charge in [0.25, 0.3) is 0 Å². The van der Waals surface area contributed by atoms with Gasteiger partial charge in [-0.05, 0) is 42.9 Å². The van der Waals surface area contributed by atoms with E-state index in [2.05, 4.69) is 25.8 Å². The summed E-state index contributed by atoms with van der Waals surface area (Å²) in [5, 5.41) is 0. The lowest BCUT2D eigenvalue weighted by Gasteiger charge is -2.57. The van der Waals surface area contributed by atoms with Crippen molar-refractivity contribution in [2.24, 2.45) is 22.7 Å². The molecule has 14 heavy (non-hydrogen) atoms. The van der Waals surface area contributed by atoms with Crippen molar-refractivity contribution in [2.45, 2.75) is 39.5 Å². The van der Waals surface area contributed by atoms with Crippen LogP contribution in [0, 0.1) is 35.0 Å². The summed E-state index contributed by atoms with van der Waals surface area (Å²) in [4.78, 5) is 0. The molecule has 0 aromatic rings. The second kappa shape index (κ2) is 2.27. The molecular formula is C14H18. The summed E-state index contributed by atoms with van der Waals surface area (Å²) in [6, 6.07) is 0. The molecule has 0 radical (unpaired) electrons. The van der Waals surface area contributed by atoms with Crippen molar-refractivity contribution in [2.75, 3.05) is 0 Å². The first-order valence-corrected chi connectivity index (χ1v) is 5.78. The number of hydrogen-bond donors (Lipinski definition) is 0. The van der Waals surface area contributed by atoms with Gasteiger partial charge < -0.3 is 0 Å². The lowest BCUT2D eigenvalue weighted by Crippen LogP contribution is -2.49. The molecule has 2 fully saturated rings. The normalized spacial score (nSPS) is 40.5. The number of fused-ring (bicyclic) bond motifs is 1. The molecule has 0 N–H and O–H groups in total. The lowest BCUT2D eigenvalue weighted by molar-refractivity contribution is -0.0120. The summed E-state index contributed by atoms with van der Waals surface area (Å²) in [7, 11) is 0. The van der Waals surface area contributed by atoms with Gasteiger partial charge in [-0.3, -0.25) is 0 Å². The van der Waals surface area contributed by atoms with E-state index in [1.165, 1.54) is 25.7 Å². The molecule has 4 rings (SSSR count). The summed E-state index contributed by atoms with van der Waals surface area (Å²) >= 11 is 0. The molecule has 0 aliphatic heterocycles. The Balaban J connectivity index is 1.96. The van der Waals surface area contributed by atoms with Gasteiger partial charge in [-0.15, -0.1) is 6.42 Å². The van der Waals surface area contributed by atoms with E-state index in [0.29, 0.717) is 5.41 Å². The molecule has 2 bridgehead atoms. The minimum atomic E-state index is 0.216. The summed E-state index contributed by atoms with van der Waals surface area (Å²) < 4.78 is 0. The van der Waals surface area contributed by atoms with E-state index in [4.69, 9.17) is 6.42 Å². The van der Waals surface area contributed by atoms with Crippen LogP contribution in [0.15, 0.2) is 11.6 Å². The largest absolute Gasteiger partial charge is 0.119 e. The third-order valence-corrected chi connectivity index (χ3v) is 5.05. The van der Waals surface area contributed by atoms with Crippen molar-refractivity contribution < 1.29 is 0 Å². The first-order chi connectivity index (χ1) is 6.60. The Bertz CT molecular complexity index is 347. The maximum atomic E-state index is 5.68. The molecule has 4 aliphatic carbocycles. The van der Waals surface area contributed by atoms with Crippen molar-refractivity contribution in [3.63, 3.8) is 0 Å². The maximum Gasteiger partial charge on any atom is 0.0524 e. The van der Waals surface area contributed by atoms with E-state index in [-0.39, 0.29) is 5.41 Å². The minimum Gasteiger partial charge on any atom is -0.119 e. The zero-order valence-corrected chi connectivity index (χ0v) is 9.14. The molecule has 2 unspecified atom stereocenters. The van der Waals surface area contributed by atoms with Gasteiger partial charge in [-0.2, -0.15) is 0 Å². The van der Waals surface area contributed by atoms with Crippen LogP contribution in [0.4, 0.5) is 0 Å². The lowest BCUT2D eigenvalue weighted by atomic mass is 9.47. The molecule has 0 aromatic carbocycles. The Morgan fingerprint density at radius 2 is 2.14 bits per heavy atom. The fourth-order valence-electron chi connectivity index (χ4n) is 3.53. The molecule has 0 heteroatoms. The van der Waals surface area contributed by atoms with E-state index < -0.39 is 0 Å². The highest BCUT2D eigenvalue weighted by Gasteiger charge is 2.58. The molecule has 74 valence electrons. The van der Waals surface area contributed by atoms with Gasteiger partial charge in [0.2, 0.25) is 0 Å². The molecule has 0 saturated heterocycles. The molecule has 2 atom stereocenters. The third-order valence-electron chi connectivity index (χ3n) is 5.05. The second-order valence-electron chi connectivity index (χ2n) is 5.93. The number of rotatable bonds is 1. The average Bonchev–Trinajstić information content (AvgIpc) is 2.98. The summed E-state index contributed by atoms with van der Waals surface area (Å²) in [6.45, 7) is 4.84. The zero-order chi connectivity index (χ0) is 9.97.